The minimum absolute atomic E-state index is 0.0390. The zero-order chi connectivity index (χ0) is 24.3. The van der Waals surface area contributed by atoms with Crippen LogP contribution in [0.15, 0.2) is 35.6 Å². The number of carbonyl (C=O) groups is 3. The SMILES string of the molecule is CCN(CC)CCN1C(=O)C(O)=C(C(=O)c2sc(C)nc2C)[C@H]1c1ccc(C(=O)OC)cc1. The number of rotatable bonds is 9. The molecule has 2 heterocycles. The van der Waals surface area contributed by atoms with Crippen LogP contribution >= 0.6 is 11.3 Å². The van der Waals surface area contributed by atoms with Gasteiger partial charge in [-0.05, 0) is 44.6 Å². The summed E-state index contributed by atoms with van der Waals surface area (Å²) in [5.41, 5.74) is 1.59. The molecule has 8 nitrogen and oxygen atoms in total. The highest BCUT2D eigenvalue weighted by molar-refractivity contribution is 7.14. The number of likely N-dealkylation sites (N-methyl/N-ethyl adjacent to an activating group) is 1. The van der Waals surface area contributed by atoms with Gasteiger partial charge in [0.05, 0.1) is 39.9 Å². The highest BCUT2D eigenvalue weighted by atomic mass is 32.1. The molecule has 33 heavy (non-hydrogen) atoms. The number of carbonyl (C=O) groups excluding carboxylic acids is 3. The predicted molar refractivity (Wildman–Crippen MR) is 126 cm³/mol. The van der Waals surface area contributed by atoms with E-state index in [-0.39, 0.29) is 5.57 Å². The van der Waals surface area contributed by atoms with E-state index in [0.717, 1.165) is 18.1 Å². The Bertz CT molecular complexity index is 1090. The number of methoxy groups -OCH3 is 1. The summed E-state index contributed by atoms with van der Waals surface area (Å²) in [5.74, 6) is -2.00. The lowest BCUT2D eigenvalue weighted by Crippen LogP contribution is -2.38. The lowest BCUT2D eigenvalue weighted by Gasteiger charge is -2.29. The molecule has 0 aliphatic carbocycles. The van der Waals surface area contributed by atoms with Gasteiger partial charge in [0.25, 0.3) is 5.91 Å². The summed E-state index contributed by atoms with van der Waals surface area (Å²) >= 11 is 1.24. The first-order valence-corrected chi connectivity index (χ1v) is 11.7. The molecule has 1 aromatic heterocycles. The Hall–Kier alpha value is -3.04. The Kier molecular flexibility index (Phi) is 7.65. The summed E-state index contributed by atoms with van der Waals surface area (Å²) in [7, 11) is 1.30. The zero-order valence-corrected chi connectivity index (χ0v) is 20.4. The Labute approximate surface area is 197 Å². The van der Waals surface area contributed by atoms with Crippen molar-refractivity contribution in [3.63, 3.8) is 0 Å². The predicted octanol–water partition coefficient (Wildman–Crippen LogP) is 3.47. The summed E-state index contributed by atoms with van der Waals surface area (Å²) in [6, 6.07) is 5.78. The molecule has 2 aromatic rings. The smallest absolute Gasteiger partial charge is 0.337 e. The van der Waals surface area contributed by atoms with Gasteiger partial charge in [-0.1, -0.05) is 26.0 Å². The van der Waals surface area contributed by atoms with Crippen molar-refractivity contribution < 1.29 is 24.2 Å². The van der Waals surface area contributed by atoms with Crippen LogP contribution in [0.5, 0.6) is 0 Å². The molecule has 0 saturated heterocycles. The average molecular weight is 472 g/mol. The first kappa shape index (κ1) is 24.6. The molecule has 1 aliphatic rings. The number of hydrogen-bond acceptors (Lipinski definition) is 8. The molecule has 1 aromatic carbocycles. The molecule has 0 unspecified atom stereocenters. The quantitative estimate of drug-likeness (QED) is 0.441. The summed E-state index contributed by atoms with van der Waals surface area (Å²) in [5, 5.41) is 11.5. The molecule has 1 N–H and O–H groups in total. The normalized spacial score (nSPS) is 16.1. The summed E-state index contributed by atoms with van der Waals surface area (Å²) < 4.78 is 4.76. The largest absolute Gasteiger partial charge is 0.503 e. The first-order valence-electron chi connectivity index (χ1n) is 10.9. The van der Waals surface area contributed by atoms with Crippen molar-refractivity contribution in [2.24, 2.45) is 0 Å². The van der Waals surface area contributed by atoms with E-state index in [0.29, 0.717) is 34.8 Å². The van der Waals surface area contributed by atoms with Gasteiger partial charge < -0.3 is 19.6 Å². The average Bonchev–Trinajstić information content (AvgIpc) is 3.29. The van der Waals surface area contributed by atoms with Gasteiger partial charge in [-0.2, -0.15) is 0 Å². The Morgan fingerprint density at radius 1 is 1.18 bits per heavy atom. The van der Waals surface area contributed by atoms with Gasteiger partial charge in [0, 0.05) is 13.1 Å². The van der Waals surface area contributed by atoms with Gasteiger partial charge in [0.2, 0.25) is 5.78 Å². The molecular weight excluding hydrogens is 442 g/mol. The van der Waals surface area contributed by atoms with Gasteiger partial charge in [-0.25, -0.2) is 9.78 Å². The van der Waals surface area contributed by atoms with E-state index in [2.05, 4.69) is 9.88 Å². The van der Waals surface area contributed by atoms with Gasteiger partial charge in [0.1, 0.15) is 0 Å². The molecule has 1 aliphatic heterocycles. The van der Waals surface area contributed by atoms with Crippen LogP contribution in [-0.2, 0) is 9.53 Å². The fourth-order valence-corrected chi connectivity index (χ4v) is 4.91. The standard InChI is InChI=1S/C24H29N3O5S/c1-6-26(7-2)12-13-27-19(16-8-10-17(11-9-16)24(31)32-5)18(21(29)23(27)30)20(28)22-14(3)25-15(4)33-22/h8-11,19,29H,6-7,12-13H2,1-5H3/t19-/m1/s1. The third kappa shape index (κ3) is 4.84. The van der Waals surface area contributed by atoms with E-state index in [9.17, 15) is 19.5 Å². The third-order valence-electron chi connectivity index (χ3n) is 5.86. The van der Waals surface area contributed by atoms with Crippen molar-refractivity contribution in [3.8, 4) is 0 Å². The van der Waals surface area contributed by atoms with Crippen LogP contribution in [-0.4, -0.2) is 70.8 Å². The summed E-state index contributed by atoms with van der Waals surface area (Å²) in [4.78, 5) is 46.9. The number of aromatic nitrogens is 1. The molecule has 0 fully saturated rings. The van der Waals surface area contributed by atoms with Crippen molar-refractivity contribution >= 4 is 29.0 Å². The van der Waals surface area contributed by atoms with Crippen LogP contribution in [0, 0.1) is 13.8 Å². The van der Waals surface area contributed by atoms with Crippen molar-refractivity contribution in [3.05, 3.63) is 62.3 Å². The van der Waals surface area contributed by atoms with Crippen LogP contribution in [0.4, 0.5) is 0 Å². The number of esters is 1. The number of benzene rings is 1. The Balaban J connectivity index is 2.05. The van der Waals surface area contributed by atoms with Crippen molar-refractivity contribution in [2.75, 3.05) is 33.3 Å². The second-order valence-electron chi connectivity index (χ2n) is 7.78. The number of aryl methyl sites for hydroxylation is 2. The van der Waals surface area contributed by atoms with Crippen molar-refractivity contribution in [1.29, 1.82) is 0 Å². The van der Waals surface area contributed by atoms with Crippen molar-refractivity contribution in [1.82, 2.24) is 14.8 Å². The molecular formula is C24H29N3O5S. The number of thiazole rings is 1. The lowest BCUT2D eigenvalue weighted by molar-refractivity contribution is -0.129. The maximum absolute atomic E-state index is 13.5. The van der Waals surface area contributed by atoms with Crippen LogP contribution < -0.4 is 0 Å². The van der Waals surface area contributed by atoms with Crippen LogP contribution in [0.2, 0.25) is 0 Å². The molecule has 0 bridgehead atoms. The summed E-state index contributed by atoms with van der Waals surface area (Å²) in [6.45, 7) is 10.2. The van der Waals surface area contributed by atoms with E-state index in [4.69, 9.17) is 4.74 Å². The van der Waals surface area contributed by atoms with Crippen LogP contribution in [0.1, 0.15) is 56.2 Å². The number of nitrogens with zero attached hydrogens (tertiary/aromatic N) is 3. The number of Topliss-reactive ketones (excluding diaryl/α,β-unsaturated/α-hetero) is 1. The molecule has 0 spiro atoms. The topological polar surface area (TPSA) is 100 Å². The maximum atomic E-state index is 13.5. The molecule has 0 saturated carbocycles. The Morgan fingerprint density at radius 3 is 2.33 bits per heavy atom. The number of ketones is 1. The minimum Gasteiger partial charge on any atom is -0.503 e. The van der Waals surface area contributed by atoms with Crippen molar-refractivity contribution in [2.45, 2.75) is 33.7 Å². The fraction of sp³-hybridized carbons (Fsp3) is 0.417. The monoisotopic (exact) mass is 471 g/mol. The van der Waals surface area contributed by atoms with E-state index in [1.54, 1.807) is 31.2 Å². The lowest BCUT2D eigenvalue weighted by atomic mass is 9.94. The zero-order valence-electron chi connectivity index (χ0n) is 19.5. The van der Waals surface area contributed by atoms with Gasteiger partial charge >= 0.3 is 5.97 Å². The number of ether oxygens (including phenoxy) is 1. The number of aliphatic hydroxyl groups is 1. The third-order valence-corrected chi connectivity index (χ3v) is 6.93. The van der Waals surface area contributed by atoms with E-state index < -0.39 is 29.5 Å². The number of hydrogen-bond donors (Lipinski definition) is 1. The highest BCUT2D eigenvalue weighted by Gasteiger charge is 2.44. The van der Waals surface area contributed by atoms with E-state index in [1.165, 1.54) is 23.3 Å². The first-order chi connectivity index (χ1) is 15.7. The fourth-order valence-electron chi connectivity index (χ4n) is 4.04. The van der Waals surface area contributed by atoms with Crippen LogP contribution in [0.25, 0.3) is 0 Å². The molecule has 0 radical (unpaired) electrons. The van der Waals surface area contributed by atoms with Gasteiger partial charge in [-0.3, -0.25) is 9.59 Å². The molecule has 176 valence electrons. The molecule has 1 atom stereocenters. The summed E-state index contributed by atoms with van der Waals surface area (Å²) in [6.07, 6.45) is 0. The highest BCUT2D eigenvalue weighted by Crippen LogP contribution is 2.40. The van der Waals surface area contributed by atoms with E-state index >= 15 is 0 Å². The number of amides is 1. The van der Waals surface area contributed by atoms with E-state index in [1.807, 2.05) is 20.8 Å². The maximum Gasteiger partial charge on any atom is 0.337 e. The molecule has 3 rings (SSSR count). The molecule has 9 heteroatoms. The minimum atomic E-state index is -0.769. The Morgan fingerprint density at radius 2 is 1.82 bits per heavy atom. The number of aliphatic hydroxyl groups excluding tert-OH is 1. The second kappa shape index (κ2) is 10.3. The second-order valence-corrected chi connectivity index (χ2v) is 8.98. The van der Waals surface area contributed by atoms with Gasteiger partial charge in [0.15, 0.2) is 5.76 Å². The van der Waals surface area contributed by atoms with Gasteiger partial charge in [-0.15, -0.1) is 11.3 Å². The molecule has 1 amide bonds. The van der Waals surface area contributed by atoms with Crippen LogP contribution in [0.3, 0.4) is 0 Å².